The molecular weight excluding hydrogens is 693 g/mol. The lowest BCUT2D eigenvalue weighted by molar-refractivity contribution is -0.128. The van der Waals surface area contributed by atoms with Gasteiger partial charge in [-0.05, 0) is 132 Å². The van der Waals surface area contributed by atoms with Gasteiger partial charge in [-0.25, -0.2) is 0 Å². The topological polar surface area (TPSA) is 84.5 Å². The minimum atomic E-state index is -0.453. The van der Waals surface area contributed by atoms with E-state index in [2.05, 4.69) is 102 Å². The number of carbonyl (C=O) groups is 3. The maximum Gasteiger partial charge on any atom is 0.244 e. The highest BCUT2D eigenvalue weighted by Crippen LogP contribution is 2.41. The van der Waals surface area contributed by atoms with E-state index in [-0.39, 0.29) is 34.8 Å². The number of hydrogen-bond acceptors (Lipinski definition) is 4. The van der Waals surface area contributed by atoms with Crippen LogP contribution < -0.4 is 10.6 Å². The molecule has 2 aliphatic rings. The number of unbranched alkanes of at least 4 members (excludes halogenated alkanes) is 1. The van der Waals surface area contributed by atoms with Crippen molar-refractivity contribution in [2.75, 3.05) is 26.8 Å². The summed E-state index contributed by atoms with van der Waals surface area (Å²) in [6.45, 7) is 23.1. The van der Waals surface area contributed by atoms with Crippen molar-refractivity contribution >= 4 is 17.6 Å². The van der Waals surface area contributed by atoms with Crippen LogP contribution in [-0.2, 0) is 19.1 Å². The van der Waals surface area contributed by atoms with E-state index in [1.807, 2.05) is 38.2 Å². The zero-order chi connectivity index (χ0) is 41.7. The van der Waals surface area contributed by atoms with Crippen LogP contribution in [0.1, 0.15) is 133 Å². The largest absolute Gasteiger partial charge is 0.383 e. The van der Waals surface area contributed by atoms with Gasteiger partial charge in [0.2, 0.25) is 11.8 Å². The lowest BCUT2D eigenvalue weighted by atomic mass is 9.72. The fourth-order valence-corrected chi connectivity index (χ4v) is 7.65. The number of ether oxygens (including phenoxy) is 1. The molecule has 2 amide bonds. The molecule has 0 aromatic heterocycles. The summed E-state index contributed by atoms with van der Waals surface area (Å²) in [5.74, 6) is -0.821. The molecule has 2 N–H and O–H groups in total. The van der Waals surface area contributed by atoms with Crippen LogP contribution in [0.4, 0.5) is 0 Å². The second-order valence-corrected chi connectivity index (χ2v) is 17.3. The molecule has 0 aromatic rings. The van der Waals surface area contributed by atoms with Crippen LogP contribution in [-0.4, -0.2) is 44.4 Å². The molecule has 1 unspecified atom stereocenters. The molecule has 308 valence electrons. The first kappa shape index (κ1) is 48.1. The normalized spacial score (nSPS) is 19.2. The number of hydrogen-bond donors (Lipinski definition) is 2. The van der Waals surface area contributed by atoms with Crippen molar-refractivity contribution in [1.29, 1.82) is 0 Å². The number of amides is 2. The molecule has 6 heteroatoms. The predicted molar refractivity (Wildman–Crippen MR) is 237 cm³/mol. The molecule has 2 aliphatic carbocycles. The zero-order valence-electron chi connectivity index (χ0n) is 36.8. The van der Waals surface area contributed by atoms with Crippen molar-refractivity contribution in [3.05, 3.63) is 117 Å². The van der Waals surface area contributed by atoms with E-state index < -0.39 is 5.92 Å². The number of nitrogens with one attached hydrogen (secondary N) is 2. The third-order valence-electron chi connectivity index (χ3n) is 11.0. The van der Waals surface area contributed by atoms with Gasteiger partial charge in [0.25, 0.3) is 0 Å². The molecule has 0 aliphatic heterocycles. The average Bonchev–Trinajstić information content (AvgIpc) is 3.10. The molecule has 0 heterocycles. The second-order valence-electron chi connectivity index (χ2n) is 17.3. The standard InChI is InChI=1S/C50H74N2O4/c1-37(25-27-45-41(5)22-16-29-49(45,7)8)18-14-20-39(3)34-44(53)36-43(48(55)52-32-33-56-11)24-12-13-31-51-47(54)35-40(4)21-15-19-38(2)26-28-46-42(6)23-17-30-50(46,9)10/h14-15,18-21,25-28,34-35,43H,12-13,16-17,22-24,29-33,36H2,1-11H3,(H,51,54)(H,52,55)/b20-14+,21-15+,27-25+,28-26+,37-18+,38-19+,39-34+,40-35+. The van der Waals surface area contributed by atoms with Gasteiger partial charge in [0.05, 0.1) is 6.61 Å². The van der Waals surface area contributed by atoms with Gasteiger partial charge in [0, 0.05) is 38.6 Å². The highest BCUT2D eigenvalue weighted by molar-refractivity contribution is 5.94. The number of ketones is 1. The first-order valence-corrected chi connectivity index (χ1v) is 20.9. The second kappa shape index (κ2) is 24.6. The number of carbonyl (C=O) groups excluding carboxylic acids is 3. The minimum absolute atomic E-state index is 0.0785. The minimum Gasteiger partial charge on any atom is -0.383 e. The van der Waals surface area contributed by atoms with Crippen molar-refractivity contribution in [1.82, 2.24) is 10.6 Å². The Kier molecular flexibility index (Phi) is 21.1. The lowest BCUT2D eigenvalue weighted by Gasteiger charge is -2.33. The molecule has 6 nitrogen and oxygen atoms in total. The summed E-state index contributed by atoms with van der Waals surface area (Å²) in [5, 5.41) is 5.86. The van der Waals surface area contributed by atoms with Crippen LogP contribution in [0.2, 0.25) is 0 Å². The van der Waals surface area contributed by atoms with Crippen LogP contribution in [0.25, 0.3) is 0 Å². The van der Waals surface area contributed by atoms with Crippen molar-refractivity contribution in [2.24, 2.45) is 16.7 Å². The maximum atomic E-state index is 13.1. The summed E-state index contributed by atoms with van der Waals surface area (Å²) in [6.07, 6.45) is 33.4. The van der Waals surface area contributed by atoms with E-state index >= 15 is 0 Å². The number of allylic oxidation sites excluding steroid dienone is 19. The van der Waals surface area contributed by atoms with E-state index in [1.165, 1.54) is 60.8 Å². The molecule has 0 fully saturated rings. The molecule has 56 heavy (non-hydrogen) atoms. The van der Waals surface area contributed by atoms with Gasteiger partial charge in [-0.15, -0.1) is 0 Å². The Bertz CT molecular complexity index is 1660. The van der Waals surface area contributed by atoms with E-state index in [4.69, 9.17) is 4.74 Å². The summed E-state index contributed by atoms with van der Waals surface area (Å²) in [6, 6.07) is 0. The molecule has 0 radical (unpaired) electrons. The lowest BCUT2D eigenvalue weighted by Crippen LogP contribution is -2.34. The average molecular weight is 767 g/mol. The van der Waals surface area contributed by atoms with E-state index in [9.17, 15) is 14.4 Å². The third kappa shape index (κ3) is 18.3. The fraction of sp³-hybridized carbons (Fsp3) is 0.540. The molecule has 0 saturated heterocycles. The van der Waals surface area contributed by atoms with Gasteiger partial charge in [-0.1, -0.05) is 117 Å². The fourth-order valence-electron chi connectivity index (χ4n) is 7.65. The third-order valence-corrected chi connectivity index (χ3v) is 11.0. The van der Waals surface area contributed by atoms with Crippen LogP contribution >= 0.6 is 0 Å². The molecule has 0 bridgehead atoms. The van der Waals surface area contributed by atoms with Gasteiger partial charge < -0.3 is 15.4 Å². The molecule has 1 atom stereocenters. The van der Waals surface area contributed by atoms with Gasteiger partial charge in [-0.2, -0.15) is 0 Å². The van der Waals surface area contributed by atoms with Crippen molar-refractivity contribution in [3.63, 3.8) is 0 Å². The van der Waals surface area contributed by atoms with Crippen molar-refractivity contribution < 1.29 is 19.1 Å². The van der Waals surface area contributed by atoms with Crippen LogP contribution in [0.5, 0.6) is 0 Å². The van der Waals surface area contributed by atoms with Crippen LogP contribution in [0, 0.1) is 16.7 Å². The van der Waals surface area contributed by atoms with E-state index in [0.717, 1.165) is 22.3 Å². The summed E-state index contributed by atoms with van der Waals surface area (Å²) in [4.78, 5) is 38.7. The Morgan fingerprint density at radius 3 is 1.71 bits per heavy atom. The maximum absolute atomic E-state index is 13.1. The Labute approximate surface area is 340 Å². The summed E-state index contributed by atoms with van der Waals surface area (Å²) in [5.41, 5.74) is 10.3. The monoisotopic (exact) mass is 767 g/mol. The van der Waals surface area contributed by atoms with Gasteiger partial charge >= 0.3 is 0 Å². The quantitative estimate of drug-likeness (QED) is 0.0692. The van der Waals surface area contributed by atoms with Gasteiger partial charge in [0.15, 0.2) is 5.78 Å². The number of methoxy groups -OCH3 is 1. The SMILES string of the molecule is COCCNC(=O)C(CCCCNC(=O)/C=C(C)/C=C/C=C(C)/C=C/C1=C(C)CCCC1(C)C)CC(=O)/C=C(C)/C=C/C=C(C)/C=C/C1=C(C)CCCC1(C)C. The summed E-state index contributed by atoms with van der Waals surface area (Å²) >= 11 is 0. The highest BCUT2D eigenvalue weighted by atomic mass is 16.5. The zero-order valence-corrected chi connectivity index (χ0v) is 36.8. The molecule has 0 aromatic carbocycles. The van der Waals surface area contributed by atoms with E-state index in [0.29, 0.717) is 39.0 Å². The Balaban J connectivity index is 1.88. The number of rotatable bonds is 21. The summed E-state index contributed by atoms with van der Waals surface area (Å²) in [7, 11) is 1.59. The predicted octanol–water partition coefficient (Wildman–Crippen LogP) is 11.7. The van der Waals surface area contributed by atoms with E-state index in [1.54, 1.807) is 19.3 Å². The first-order valence-electron chi connectivity index (χ1n) is 20.9. The van der Waals surface area contributed by atoms with Gasteiger partial charge in [0.1, 0.15) is 0 Å². The van der Waals surface area contributed by atoms with Gasteiger partial charge in [-0.3, -0.25) is 14.4 Å². The Morgan fingerprint density at radius 1 is 0.696 bits per heavy atom. The first-order chi connectivity index (χ1) is 26.4. The van der Waals surface area contributed by atoms with Crippen molar-refractivity contribution in [2.45, 2.75) is 133 Å². The smallest absolute Gasteiger partial charge is 0.244 e. The molecular formula is C50H74N2O4. The van der Waals surface area contributed by atoms with Crippen LogP contribution in [0.3, 0.4) is 0 Å². The molecule has 0 spiro atoms. The van der Waals surface area contributed by atoms with Crippen molar-refractivity contribution in [3.8, 4) is 0 Å². The highest BCUT2D eigenvalue weighted by Gasteiger charge is 2.27. The summed E-state index contributed by atoms with van der Waals surface area (Å²) < 4.78 is 5.09. The van der Waals surface area contributed by atoms with Crippen LogP contribution in [0.15, 0.2) is 117 Å². The Morgan fingerprint density at radius 2 is 1.21 bits per heavy atom. The molecule has 0 saturated carbocycles. The molecule has 2 rings (SSSR count). The Hall–Kier alpha value is -4.03.